The number of allylic oxidation sites excluding steroid dienone is 2. The zero-order chi connectivity index (χ0) is 12.2. The molecule has 0 unspecified atom stereocenters. The average Bonchev–Trinajstić information content (AvgIpc) is 2.71. The summed E-state index contributed by atoms with van der Waals surface area (Å²) in [6, 6.07) is 0. The lowest BCUT2D eigenvalue weighted by atomic mass is 9.86. The van der Waals surface area contributed by atoms with Gasteiger partial charge in [0.1, 0.15) is 6.10 Å². The summed E-state index contributed by atoms with van der Waals surface area (Å²) in [5.41, 5.74) is 5.30. The maximum absolute atomic E-state index is 11.6. The highest BCUT2D eigenvalue weighted by Crippen LogP contribution is 2.47. The summed E-state index contributed by atoms with van der Waals surface area (Å²) in [7, 11) is 0. The number of rotatable bonds is 0. The van der Waals surface area contributed by atoms with Crippen molar-refractivity contribution in [3.05, 3.63) is 22.3 Å². The minimum absolute atomic E-state index is 0.0726. The van der Waals surface area contributed by atoms with E-state index in [-0.39, 0.29) is 12.1 Å². The molecular weight excluding hydrogens is 212 g/mol. The Kier molecular flexibility index (Phi) is 2.42. The van der Waals surface area contributed by atoms with Crippen molar-refractivity contribution in [2.24, 2.45) is 11.8 Å². The fourth-order valence-electron chi connectivity index (χ4n) is 3.74. The number of hydrogen-bond donors (Lipinski definition) is 0. The maximum Gasteiger partial charge on any atom is 0.334 e. The molecule has 0 spiro atoms. The fourth-order valence-corrected chi connectivity index (χ4v) is 3.74. The molecule has 2 aliphatic carbocycles. The zero-order valence-corrected chi connectivity index (χ0v) is 10.9. The van der Waals surface area contributed by atoms with E-state index in [4.69, 9.17) is 4.74 Å². The van der Waals surface area contributed by atoms with E-state index in [1.54, 1.807) is 11.1 Å². The molecule has 0 saturated heterocycles. The maximum atomic E-state index is 11.6. The van der Waals surface area contributed by atoms with Crippen LogP contribution in [0.2, 0.25) is 0 Å². The van der Waals surface area contributed by atoms with Gasteiger partial charge in [0.25, 0.3) is 0 Å². The van der Waals surface area contributed by atoms with Crippen LogP contribution in [-0.2, 0) is 9.53 Å². The Balaban J connectivity index is 2.03. The lowest BCUT2D eigenvalue weighted by Gasteiger charge is -2.20. The second-order valence-corrected chi connectivity index (χ2v) is 5.88. The highest BCUT2D eigenvalue weighted by molar-refractivity contribution is 5.91. The molecule has 0 bridgehead atoms. The third-order valence-corrected chi connectivity index (χ3v) is 4.91. The van der Waals surface area contributed by atoms with Crippen molar-refractivity contribution in [2.45, 2.75) is 52.6 Å². The standard InChI is InChI=1S/C15H20O2/c1-8-4-5-11-9(2)6-14-13(7-12(8)11)10(3)15(16)17-14/h9,11,14H,4-7H2,1-3H3/t9-,11-,14-/m0/s1. The number of ether oxygens (including phenoxy) is 1. The molecule has 3 rings (SSSR count). The Hall–Kier alpha value is -1.05. The molecule has 17 heavy (non-hydrogen) atoms. The third-order valence-electron chi connectivity index (χ3n) is 4.91. The second-order valence-electron chi connectivity index (χ2n) is 5.88. The minimum atomic E-state index is -0.0908. The van der Waals surface area contributed by atoms with Crippen molar-refractivity contribution in [2.75, 3.05) is 0 Å². The van der Waals surface area contributed by atoms with E-state index in [0.29, 0.717) is 5.92 Å². The summed E-state index contributed by atoms with van der Waals surface area (Å²) in [5.74, 6) is 1.29. The van der Waals surface area contributed by atoms with Crippen molar-refractivity contribution in [1.29, 1.82) is 0 Å². The third kappa shape index (κ3) is 1.57. The van der Waals surface area contributed by atoms with Gasteiger partial charge in [-0.3, -0.25) is 0 Å². The predicted octanol–water partition coefficient (Wildman–Crippen LogP) is 3.38. The van der Waals surface area contributed by atoms with Gasteiger partial charge in [-0.1, -0.05) is 18.1 Å². The summed E-state index contributed by atoms with van der Waals surface area (Å²) in [4.78, 5) is 11.6. The first-order valence-corrected chi connectivity index (χ1v) is 6.67. The first-order valence-electron chi connectivity index (χ1n) is 6.67. The van der Waals surface area contributed by atoms with Crippen LogP contribution in [0.15, 0.2) is 22.3 Å². The molecule has 3 aliphatic rings. The second kappa shape index (κ2) is 3.72. The van der Waals surface area contributed by atoms with E-state index < -0.39 is 0 Å². The van der Waals surface area contributed by atoms with Crippen LogP contribution in [0.25, 0.3) is 0 Å². The fraction of sp³-hybridized carbons (Fsp3) is 0.667. The summed E-state index contributed by atoms with van der Waals surface area (Å²) < 4.78 is 5.49. The minimum Gasteiger partial charge on any atom is -0.454 e. The molecule has 2 heteroatoms. The Morgan fingerprint density at radius 1 is 1.24 bits per heavy atom. The lowest BCUT2D eigenvalue weighted by Crippen LogP contribution is -2.16. The monoisotopic (exact) mass is 232 g/mol. The van der Waals surface area contributed by atoms with E-state index in [1.165, 1.54) is 18.4 Å². The molecule has 0 radical (unpaired) electrons. The van der Waals surface area contributed by atoms with Gasteiger partial charge >= 0.3 is 5.97 Å². The number of hydrogen-bond acceptors (Lipinski definition) is 2. The lowest BCUT2D eigenvalue weighted by molar-refractivity contribution is -0.140. The van der Waals surface area contributed by atoms with E-state index in [2.05, 4.69) is 13.8 Å². The topological polar surface area (TPSA) is 26.3 Å². The molecule has 0 aromatic heterocycles. The van der Waals surface area contributed by atoms with Gasteiger partial charge in [-0.2, -0.15) is 0 Å². The van der Waals surface area contributed by atoms with Gasteiger partial charge in [-0.25, -0.2) is 4.79 Å². The summed E-state index contributed by atoms with van der Waals surface area (Å²) >= 11 is 0. The Labute approximate surface area is 103 Å². The van der Waals surface area contributed by atoms with Gasteiger partial charge in [-0.15, -0.1) is 0 Å². The van der Waals surface area contributed by atoms with E-state index in [9.17, 15) is 4.79 Å². The SMILES string of the molecule is CC1=C2CC3=C(C)C(=O)O[C@H]3C[C@H](C)[C@@H]2CC1. The van der Waals surface area contributed by atoms with Crippen molar-refractivity contribution in [1.82, 2.24) is 0 Å². The molecular formula is C15H20O2. The van der Waals surface area contributed by atoms with E-state index >= 15 is 0 Å². The molecule has 1 aliphatic heterocycles. The molecule has 2 nitrogen and oxygen atoms in total. The number of fused-ring (bicyclic) bond motifs is 2. The van der Waals surface area contributed by atoms with E-state index in [0.717, 1.165) is 24.3 Å². The van der Waals surface area contributed by atoms with Gasteiger partial charge in [0, 0.05) is 5.57 Å². The van der Waals surface area contributed by atoms with Crippen LogP contribution in [0.1, 0.15) is 46.5 Å². The molecule has 0 aromatic carbocycles. The number of carbonyl (C=O) groups is 1. The van der Waals surface area contributed by atoms with Crippen molar-refractivity contribution < 1.29 is 9.53 Å². The van der Waals surface area contributed by atoms with Crippen LogP contribution in [0.3, 0.4) is 0 Å². The van der Waals surface area contributed by atoms with Crippen molar-refractivity contribution in [3.63, 3.8) is 0 Å². The number of carbonyl (C=O) groups excluding carboxylic acids is 1. The summed E-state index contributed by atoms with van der Waals surface area (Å²) in [5, 5.41) is 0. The first-order chi connectivity index (χ1) is 8.08. The van der Waals surface area contributed by atoms with Crippen molar-refractivity contribution >= 4 is 5.97 Å². The Morgan fingerprint density at radius 2 is 2.00 bits per heavy atom. The molecule has 0 N–H and O–H groups in total. The quantitative estimate of drug-likeness (QED) is 0.472. The molecule has 1 saturated carbocycles. The van der Waals surface area contributed by atoms with Crippen LogP contribution in [0.4, 0.5) is 0 Å². The molecule has 0 aromatic rings. The highest BCUT2D eigenvalue weighted by atomic mass is 16.5. The molecule has 92 valence electrons. The van der Waals surface area contributed by atoms with Crippen molar-refractivity contribution in [3.8, 4) is 0 Å². The summed E-state index contributed by atoms with van der Waals surface area (Å²) in [6.45, 7) is 6.50. The molecule has 3 atom stereocenters. The molecule has 0 amide bonds. The summed E-state index contributed by atoms with van der Waals surface area (Å²) in [6.07, 6.45) is 4.62. The van der Waals surface area contributed by atoms with Crippen LogP contribution in [-0.4, -0.2) is 12.1 Å². The normalized spacial score (nSPS) is 36.9. The molecule has 1 heterocycles. The van der Waals surface area contributed by atoms with Crippen LogP contribution in [0, 0.1) is 11.8 Å². The van der Waals surface area contributed by atoms with Gasteiger partial charge in [0.05, 0.1) is 0 Å². The largest absolute Gasteiger partial charge is 0.454 e. The predicted molar refractivity (Wildman–Crippen MR) is 66.4 cm³/mol. The van der Waals surface area contributed by atoms with Crippen LogP contribution >= 0.6 is 0 Å². The van der Waals surface area contributed by atoms with Gasteiger partial charge in [0.15, 0.2) is 0 Å². The first kappa shape index (κ1) is 11.1. The highest BCUT2D eigenvalue weighted by Gasteiger charge is 2.40. The van der Waals surface area contributed by atoms with Gasteiger partial charge in [0.2, 0.25) is 0 Å². The number of esters is 1. The van der Waals surface area contributed by atoms with E-state index in [1.807, 2.05) is 6.92 Å². The Bertz CT molecular complexity index is 442. The average molecular weight is 232 g/mol. The van der Waals surface area contributed by atoms with Gasteiger partial charge in [-0.05, 0) is 56.9 Å². The molecule has 1 fully saturated rings. The van der Waals surface area contributed by atoms with Crippen LogP contribution in [0.5, 0.6) is 0 Å². The van der Waals surface area contributed by atoms with Gasteiger partial charge < -0.3 is 4.74 Å². The Morgan fingerprint density at radius 3 is 2.76 bits per heavy atom. The van der Waals surface area contributed by atoms with Crippen LogP contribution < -0.4 is 0 Å². The zero-order valence-electron chi connectivity index (χ0n) is 10.9. The smallest absolute Gasteiger partial charge is 0.334 e.